The van der Waals surface area contributed by atoms with Gasteiger partial charge in [0.1, 0.15) is 0 Å². The minimum atomic E-state index is -0.248. The standard InChI is InChI=1S/C20H21N5O2S/c1-3-25-19(16-9-7-14(2)8-10-16)23-24-20(25)28-13-18(27)22-21-12-15-5-4-6-17(26)11-15/h4-12H,3,13H2,1-2H3,(H2,22,26,27). The monoisotopic (exact) mass is 395 g/mol. The van der Waals surface area contributed by atoms with Gasteiger partial charge < -0.3 is 5.11 Å². The van der Waals surface area contributed by atoms with Gasteiger partial charge in [-0.15, -0.1) is 10.8 Å². The van der Waals surface area contributed by atoms with Gasteiger partial charge in [0.05, 0.1) is 29.2 Å². The molecule has 0 saturated carbocycles. The number of H-pyrrole nitrogens is 1. The normalized spacial score (nSPS) is 11.1. The molecule has 0 aliphatic carbocycles. The highest BCUT2D eigenvalue weighted by Crippen LogP contribution is 2.18. The van der Waals surface area contributed by atoms with Gasteiger partial charge in [0, 0.05) is 0 Å². The second-order valence-electron chi connectivity index (χ2n) is 6.12. The lowest BCUT2D eigenvalue weighted by atomic mass is 10.1. The summed E-state index contributed by atoms with van der Waals surface area (Å²) in [5, 5.41) is 23.3. The van der Waals surface area contributed by atoms with Crippen molar-refractivity contribution in [2.45, 2.75) is 25.5 Å². The zero-order chi connectivity index (χ0) is 19.9. The fraction of sp³-hybridized carbons (Fsp3) is 0.200. The number of nitrogens with one attached hydrogen (secondary N) is 2. The largest absolute Gasteiger partial charge is 0.872 e. The molecule has 0 aliphatic rings. The van der Waals surface area contributed by atoms with E-state index in [-0.39, 0.29) is 17.4 Å². The van der Waals surface area contributed by atoms with Crippen LogP contribution < -0.4 is 15.1 Å². The van der Waals surface area contributed by atoms with Crippen LogP contribution in [0.4, 0.5) is 0 Å². The summed E-state index contributed by atoms with van der Waals surface area (Å²) in [7, 11) is 0. The molecule has 7 nitrogen and oxygen atoms in total. The number of nitrogens with zero attached hydrogens (tertiary/aromatic N) is 3. The fourth-order valence-electron chi connectivity index (χ4n) is 2.59. The van der Waals surface area contributed by atoms with E-state index < -0.39 is 0 Å². The molecule has 0 bridgehead atoms. The summed E-state index contributed by atoms with van der Waals surface area (Å²) < 4.78 is 2.03. The molecule has 2 N–H and O–H groups in total. The Labute approximate surface area is 167 Å². The average molecular weight is 395 g/mol. The Morgan fingerprint density at radius 1 is 1.32 bits per heavy atom. The molecule has 3 rings (SSSR count). The van der Waals surface area contributed by atoms with Crippen LogP contribution in [0.25, 0.3) is 11.4 Å². The smallest absolute Gasteiger partial charge is 0.337 e. The first kappa shape index (κ1) is 19.6. The average Bonchev–Trinajstić information content (AvgIpc) is 3.10. The minimum absolute atomic E-state index is 0.0992. The molecular formula is C20H21N5O2S. The Morgan fingerprint density at radius 3 is 2.82 bits per heavy atom. The summed E-state index contributed by atoms with van der Waals surface area (Å²) in [5.74, 6) is 0.734. The molecule has 2 aromatic carbocycles. The Hall–Kier alpha value is -3.13. The molecular weight excluding hydrogens is 374 g/mol. The van der Waals surface area contributed by atoms with Crippen LogP contribution in [0, 0.1) is 6.92 Å². The van der Waals surface area contributed by atoms with Crippen LogP contribution in [0.1, 0.15) is 18.1 Å². The van der Waals surface area contributed by atoms with Crippen molar-refractivity contribution in [3.8, 4) is 17.1 Å². The Bertz CT molecular complexity index is 983. The molecule has 144 valence electrons. The molecule has 28 heavy (non-hydrogen) atoms. The molecule has 0 atom stereocenters. The first-order valence-electron chi connectivity index (χ1n) is 8.84. The number of rotatable bonds is 7. The summed E-state index contributed by atoms with van der Waals surface area (Å²) in [5.41, 5.74) is 5.34. The Balaban J connectivity index is 1.59. The maximum Gasteiger partial charge on any atom is 0.337 e. The minimum Gasteiger partial charge on any atom is -0.872 e. The summed E-state index contributed by atoms with van der Waals surface area (Å²) >= 11 is 1.33. The van der Waals surface area contributed by atoms with Gasteiger partial charge in [-0.2, -0.15) is 5.10 Å². The molecule has 1 amide bonds. The van der Waals surface area contributed by atoms with Crippen molar-refractivity contribution in [1.82, 2.24) is 15.6 Å². The molecule has 8 heteroatoms. The number of aryl methyl sites for hydroxylation is 1. The van der Waals surface area contributed by atoms with Crippen molar-refractivity contribution in [3.63, 3.8) is 0 Å². The third-order valence-corrected chi connectivity index (χ3v) is 4.97. The lowest BCUT2D eigenvalue weighted by Crippen LogP contribution is -2.36. The van der Waals surface area contributed by atoms with Crippen LogP contribution in [0.3, 0.4) is 0 Å². The van der Waals surface area contributed by atoms with E-state index in [0.29, 0.717) is 5.56 Å². The molecule has 0 aliphatic heterocycles. The second-order valence-corrected chi connectivity index (χ2v) is 7.06. The number of hydrogen-bond acceptors (Lipinski definition) is 5. The zero-order valence-electron chi connectivity index (χ0n) is 15.7. The van der Waals surface area contributed by atoms with E-state index in [1.54, 1.807) is 12.1 Å². The SMILES string of the molecule is CC[n+]1c(SCC(=O)NN=Cc2cccc([O-])c2)n[nH]c1-c1ccc(C)cc1. The summed E-state index contributed by atoms with van der Waals surface area (Å²) in [6, 6.07) is 14.5. The predicted octanol–water partition coefficient (Wildman–Crippen LogP) is 2.01. The number of carbonyl (C=O) groups is 1. The van der Waals surface area contributed by atoms with E-state index in [0.717, 1.165) is 23.1 Å². The van der Waals surface area contributed by atoms with Gasteiger partial charge in [-0.25, -0.2) is 9.99 Å². The molecule has 1 aromatic heterocycles. The van der Waals surface area contributed by atoms with Crippen molar-refractivity contribution in [2.75, 3.05) is 5.75 Å². The molecule has 3 aromatic rings. The third kappa shape index (κ3) is 4.98. The summed E-state index contributed by atoms with van der Waals surface area (Å²) in [6.45, 7) is 4.81. The van der Waals surface area contributed by atoms with E-state index in [4.69, 9.17) is 0 Å². The van der Waals surface area contributed by atoms with Crippen molar-refractivity contribution < 1.29 is 14.5 Å². The number of hydrazone groups is 1. The van der Waals surface area contributed by atoms with Crippen LogP contribution in [0.15, 0.2) is 58.8 Å². The van der Waals surface area contributed by atoms with Gasteiger partial charge in [0.25, 0.3) is 11.7 Å². The molecule has 0 unspecified atom stereocenters. The highest BCUT2D eigenvalue weighted by molar-refractivity contribution is 7.99. The molecule has 0 radical (unpaired) electrons. The Morgan fingerprint density at radius 2 is 2.11 bits per heavy atom. The number of aromatic amines is 1. The number of amides is 1. The van der Waals surface area contributed by atoms with Crippen LogP contribution in [0.5, 0.6) is 5.75 Å². The maximum absolute atomic E-state index is 12.0. The van der Waals surface area contributed by atoms with Crippen LogP contribution in [-0.2, 0) is 11.3 Å². The van der Waals surface area contributed by atoms with Crippen molar-refractivity contribution in [3.05, 3.63) is 59.7 Å². The van der Waals surface area contributed by atoms with Gasteiger partial charge in [-0.05, 0) is 43.3 Å². The maximum atomic E-state index is 12.0. The Kier molecular flexibility index (Phi) is 6.44. The number of thioether (sulfide) groups is 1. The number of hydrogen-bond donors (Lipinski definition) is 2. The first-order valence-corrected chi connectivity index (χ1v) is 9.82. The van der Waals surface area contributed by atoms with Gasteiger partial charge in [-0.3, -0.25) is 4.79 Å². The van der Waals surface area contributed by atoms with E-state index >= 15 is 0 Å². The highest BCUT2D eigenvalue weighted by atomic mass is 32.2. The number of benzene rings is 2. The summed E-state index contributed by atoms with van der Waals surface area (Å²) in [4.78, 5) is 12.0. The number of carbonyl (C=O) groups excluding carboxylic acids is 1. The van der Waals surface area contributed by atoms with Crippen LogP contribution in [-0.4, -0.2) is 28.1 Å². The predicted molar refractivity (Wildman–Crippen MR) is 107 cm³/mol. The van der Waals surface area contributed by atoms with Gasteiger partial charge >= 0.3 is 5.16 Å². The number of aromatic nitrogens is 3. The first-order chi connectivity index (χ1) is 13.6. The van der Waals surface area contributed by atoms with Gasteiger partial charge in [-0.1, -0.05) is 42.0 Å². The second kappa shape index (κ2) is 9.18. The molecule has 0 saturated heterocycles. The van der Waals surface area contributed by atoms with Crippen LogP contribution in [0.2, 0.25) is 0 Å². The van der Waals surface area contributed by atoms with E-state index in [2.05, 4.69) is 32.9 Å². The fourth-order valence-corrected chi connectivity index (χ4v) is 3.40. The lowest BCUT2D eigenvalue weighted by molar-refractivity contribution is -0.719. The third-order valence-electron chi connectivity index (χ3n) is 3.99. The summed E-state index contributed by atoms with van der Waals surface area (Å²) in [6.07, 6.45) is 1.44. The van der Waals surface area contributed by atoms with Crippen molar-refractivity contribution >= 4 is 23.9 Å². The quantitative estimate of drug-likeness (QED) is 0.277. The van der Waals surface area contributed by atoms with Gasteiger partial charge in [0.2, 0.25) is 0 Å². The molecule has 0 spiro atoms. The van der Waals surface area contributed by atoms with E-state index in [1.165, 1.54) is 35.7 Å². The molecule has 1 heterocycles. The van der Waals surface area contributed by atoms with Crippen molar-refractivity contribution in [2.24, 2.45) is 5.10 Å². The lowest BCUT2D eigenvalue weighted by Gasteiger charge is -2.04. The van der Waals surface area contributed by atoms with E-state index in [1.807, 2.05) is 30.5 Å². The zero-order valence-corrected chi connectivity index (χ0v) is 16.5. The molecule has 0 fully saturated rings. The van der Waals surface area contributed by atoms with Gasteiger partial charge in [0.15, 0.2) is 0 Å². The van der Waals surface area contributed by atoms with Crippen molar-refractivity contribution in [1.29, 1.82) is 0 Å². The highest BCUT2D eigenvalue weighted by Gasteiger charge is 2.21. The van der Waals surface area contributed by atoms with E-state index in [9.17, 15) is 9.90 Å². The van der Waals surface area contributed by atoms with Crippen LogP contribution >= 0.6 is 11.8 Å². The topological polar surface area (TPSA) is 97.1 Å².